The number of aromatic nitrogens is 2. The van der Waals surface area contributed by atoms with Gasteiger partial charge in [0, 0.05) is 5.92 Å². The number of hydrogen-bond donors (Lipinski definition) is 1. The molecule has 0 unspecified atom stereocenters. The zero-order valence-corrected chi connectivity index (χ0v) is 11.7. The second-order valence-electron chi connectivity index (χ2n) is 4.55. The van der Waals surface area contributed by atoms with E-state index in [9.17, 15) is 4.79 Å². The number of carbonyl (C=O) groups is 1. The number of anilines is 1. The van der Waals surface area contributed by atoms with E-state index in [1.807, 2.05) is 0 Å². The molecule has 1 aliphatic carbocycles. The molecule has 6 heteroatoms. The number of nitrogens with one attached hydrogen (secondary N) is 1. The smallest absolute Gasteiger partial charge is 0.227 e. The van der Waals surface area contributed by atoms with Crippen LogP contribution in [-0.2, 0) is 4.79 Å². The topological polar surface area (TPSA) is 54.9 Å². The molecule has 0 radical (unpaired) electrons. The minimum atomic E-state index is -0.0362. The maximum atomic E-state index is 12.1. The minimum Gasteiger partial charge on any atom is -0.321 e. The van der Waals surface area contributed by atoms with E-state index in [1.165, 1.54) is 6.42 Å². The first kappa shape index (κ1) is 13.6. The number of rotatable bonds is 2. The zero-order valence-electron chi connectivity index (χ0n) is 10.2. The van der Waals surface area contributed by atoms with E-state index in [0.717, 1.165) is 25.7 Å². The maximum absolute atomic E-state index is 12.1. The molecule has 0 aliphatic heterocycles. The molecule has 1 fully saturated rings. The molecule has 4 nitrogen and oxygen atoms in total. The Bertz CT molecular complexity index is 436. The summed E-state index contributed by atoms with van der Waals surface area (Å²) in [4.78, 5) is 20.0. The third-order valence-electron chi connectivity index (χ3n) is 3.16. The fraction of sp³-hybridized carbons (Fsp3) is 0.583. The summed E-state index contributed by atoms with van der Waals surface area (Å²) in [6, 6.07) is 0. The molecule has 2 rings (SSSR count). The molecule has 1 saturated carbocycles. The second-order valence-corrected chi connectivity index (χ2v) is 5.27. The molecule has 18 heavy (non-hydrogen) atoms. The summed E-state index contributed by atoms with van der Waals surface area (Å²) in [5.41, 5.74) is 0.319. The van der Waals surface area contributed by atoms with Gasteiger partial charge in [-0.25, -0.2) is 9.97 Å². The highest BCUT2D eigenvalue weighted by molar-refractivity contribution is 6.38. The average molecular weight is 288 g/mol. The SMILES string of the molecule is Cc1nc(Cl)c(NC(=O)C2CCCCC2)c(Cl)n1. The second kappa shape index (κ2) is 5.85. The van der Waals surface area contributed by atoms with Crippen molar-refractivity contribution in [3.8, 4) is 0 Å². The first-order chi connectivity index (χ1) is 8.58. The Labute approximate surface area is 116 Å². The predicted molar refractivity (Wildman–Crippen MR) is 72.0 cm³/mol. The molecule has 1 aromatic heterocycles. The van der Waals surface area contributed by atoms with Crippen molar-refractivity contribution in [2.75, 3.05) is 5.32 Å². The Morgan fingerprint density at radius 1 is 1.17 bits per heavy atom. The quantitative estimate of drug-likeness (QED) is 0.846. The van der Waals surface area contributed by atoms with E-state index in [-0.39, 0.29) is 22.1 Å². The first-order valence-electron chi connectivity index (χ1n) is 6.08. The minimum absolute atomic E-state index is 0.0362. The molecule has 1 amide bonds. The number of halogens is 2. The van der Waals surface area contributed by atoms with Crippen LogP contribution in [0.2, 0.25) is 10.3 Å². The van der Waals surface area contributed by atoms with Crippen molar-refractivity contribution >= 4 is 34.8 Å². The molecule has 0 atom stereocenters. The molecule has 0 aromatic carbocycles. The normalized spacial score (nSPS) is 16.6. The average Bonchev–Trinajstić information content (AvgIpc) is 2.34. The van der Waals surface area contributed by atoms with Gasteiger partial charge >= 0.3 is 0 Å². The number of hydrogen-bond acceptors (Lipinski definition) is 3. The van der Waals surface area contributed by atoms with Gasteiger partial charge in [0.2, 0.25) is 5.91 Å². The Morgan fingerprint density at radius 3 is 2.28 bits per heavy atom. The van der Waals surface area contributed by atoms with Gasteiger partial charge in [-0.15, -0.1) is 0 Å². The molecule has 1 aromatic rings. The van der Waals surface area contributed by atoms with Gasteiger partial charge in [-0.05, 0) is 19.8 Å². The fourth-order valence-electron chi connectivity index (χ4n) is 2.20. The Kier molecular flexibility index (Phi) is 4.40. The van der Waals surface area contributed by atoms with Crippen LogP contribution >= 0.6 is 23.2 Å². The summed E-state index contributed by atoms with van der Waals surface area (Å²) in [5.74, 6) is 0.499. The van der Waals surface area contributed by atoms with Gasteiger partial charge in [0.25, 0.3) is 0 Å². The number of nitrogens with zero attached hydrogens (tertiary/aromatic N) is 2. The van der Waals surface area contributed by atoms with Gasteiger partial charge in [0.05, 0.1) is 0 Å². The molecular formula is C12H15Cl2N3O. The van der Waals surface area contributed by atoms with E-state index in [4.69, 9.17) is 23.2 Å². The van der Waals surface area contributed by atoms with E-state index in [1.54, 1.807) is 6.92 Å². The van der Waals surface area contributed by atoms with E-state index in [2.05, 4.69) is 15.3 Å². The number of carbonyl (C=O) groups excluding carboxylic acids is 1. The highest BCUT2D eigenvalue weighted by atomic mass is 35.5. The highest BCUT2D eigenvalue weighted by Gasteiger charge is 2.23. The summed E-state index contributed by atoms with van der Waals surface area (Å²) in [7, 11) is 0. The van der Waals surface area contributed by atoms with Crippen molar-refractivity contribution in [1.29, 1.82) is 0 Å². The van der Waals surface area contributed by atoms with Crippen molar-refractivity contribution in [2.45, 2.75) is 39.0 Å². The molecule has 1 N–H and O–H groups in total. The van der Waals surface area contributed by atoms with E-state index < -0.39 is 0 Å². The number of amides is 1. The summed E-state index contributed by atoms with van der Waals surface area (Å²) in [5, 5.41) is 3.13. The van der Waals surface area contributed by atoms with Crippen molar-refractivity contribution in [2.24, 2.45) is 5.92 Å². The van der Waals surface area contributed by atoms with Crippen LogP contribution in [0.1, 0.15) is 37.9 Å². The third kappa shape index (κ3) is 3.12. The lowest BCUT2D eigenvalue weighted by atomic mass is 9.88. The Morgan fingerprint density at radius 2 is 1.72 bits per heavy atom. The van der Waals surface area contributed by atoms with Crippen LogP contribution in [0, 0.1) is 12.8 Å². The van der Waals surface area contributed by atoms with Crippen LogP contribution < -0.4 is 5.32 Å². The number of aryl methyl sites for hydroxylation is 1. The molecule has 0 saturated heterocycles. The highest BCUT2D eigenvalue weighted by Crippen LogP contribution is 2.30. The van der Waals surface area contributed by atoms with Gasteiger partial charge < -0.3 is 5.32 Å². The predicted octanol–water partition coefficient (Wildman–Crippen LogP) is 3.61. The lowest BCUT2D eigenvalue weighted by Crippen LogP contribution is -2.25. The molecule has 98 valence electrons. The summed E-state index contributed by atoms with van der Waals surface area (Å²) in [6.45, 7) is 1.70. The summed E-state index contributed by atoms with van der Waals surface area (Å²) < 4.78 is 0. The third-order valence-corrected chi connectivity index (χ3v) is 3.70. The van der Waals surface area contributed by atoms with Gasteiger partial charge in [0.15, 0.2) is 10.3 Å². The van der Waals surface area contributed by atoms with Crippen molar-refractivity contribution < 1.29 is 4.79 Å². The van der Waals surface area contributed by atoms with Crippen LogP contribution in [0.5, 0.6) is 0 Å². The van der Waals surface area contributed by atoms with Gasteiger partial charge in [0.1, 0.15) is 11.5 Å². The van der Waals surface area contributed by atoms with Crippen molar-refractivity contribution in [3.05, 3.63) is 16.1 Å². The monoisotopic (exact) mass is 287 g/mol. The Hall–Kier alpha value is -0.870. The van der Waals surface area contributed by atoms with Gasteiger partial charge in [-0.2, -0.15) is 0 Å². The lowest BCUT2D eigenvalue weighted by Gasteiger charge is -2.21. The largest absolute Gasteiger partial charge is 0.321 e. The molecular weight excluding hydrogens is 273 g/mol. The first-order valence-corrected chi connectivity index (χ1v) is 6.84. The van der Waals surface area contributed by atoms with Crippen LogP contribution in [0.4, 0.5) is 5.69 Å². The molecule has 1 heterocycles. The standard InChI is InChI=1S/C12H15Cl2N3O/c1-7-15-10(13)9(11(14)16-7)17-12(18)8-5-3-2-4-6-8/h8H,2-6H2,1H3,(H,17,18). The lowest BCUT2D eigenvalue weighted by molar-refractivity contribution is -0.120. The van der Waals surface area contributed by atoms with Crippen LogP contribution in [0.15, 0.2) is 0 Å². The molecule has 1 aliphatic rings. The van der Waals surface area contributed by atoms with Gasteiger partial charge in [-0.1, -0.05) is 42.5 Å². The van der Waals surface area contributed by atoms with Crippen LogP contribution in [0.25, 0.3) is 0 Å². The van der Waals surface area contributed by atoms with E-state index >= 15 is 0 Å². The van der Waals surface area contributed by atoms with Crippen LogP contribution in [0.3, 0.4) is 0 Å². The Balaban J connectivity index is 2.11. The van der Waals surface area contributed by atoms with Crippen molar-refractivity contribution in [1.82, 2.24) is 9.97 Å². The maximum Gasteiger partial charge on any atom is 0.227 e. The van der Waals surface area contributed by atoms with Crippen molar-refractivity contribution in [3.63, 3.8) is 0 Å². The van der Waals surface area contributed by atoms with E-state index in [0.29, 0.717) is 11.5 Å². The molecule has 0 bridgehead atoms. The summed E-state index contributed by atoms with van der Waals surface area (Å²) in [6.07, 6.45) is 5.26. The fourth-order valence-corrected chi connectivity index (χ4v) is 2.77. The van der Waals surface area contributed by atoms with Gasteiger partial charge in [-0.3, -0.25) is 4.79 Å². The molecule has 0 spiro atoms. The zero-order chi connectivity index (χ0) is 13.1. The summed E-state index contributed by atoms with van der Waals surface area (Å²) >= 11 is 11.9. The van der Waals surface area contributed by atoms with Crippen LogP contribution in [-0.4, -0.2) is 15.9 Å².